The molecular formula is C21H26N2O3S. The summed E-state index contributed by atoms with van der Waals surface area (Å²) >= 11 is 0. The molecule has 0 saturated heterocycles. The van der Waals surface area contributed by atoms with Gasteiger partial charge in [0.2, 0.25) is 15.9 Å². The lowest BCUT2D eigenvalue weighted by molar-refractivity contribution is -0.126. The highest BCUT2D eigenvalue weighted by Gasteiger charge is 2.29. The molecule has 2 atom stereocenters. The number of hydrogen-bond donors (Lipinski definition) is 2. The fraction of sp³-hybridized carbons (Fsp3) is 0.381. The molecule has 0 spiro atoms. The number of carbonyl (C=O) groups is 1. The van der Waals surface area contributed by atoms with Crippen LogP contribution in [0.3, 0.4) is 0 Å². The van der Waals surface area contributed by atoms with Crippen molar-refractivity contribution in [2.24, 2.45) is 11.8 Å². The maximum atomic E-state index is 12.3. The van der Waals surface area contributed by atoms with Crippen LogP contribution in [0.15, 0.2) is 48.5 Å². The van der Waals surface area contributed by atoms with Gasteiger partial charge in [-0.15, -0.1) is 0 Å². The monoisotopic (exact) mass is 386 g/mol. The lowest BCUT2D eigenvalue weighted by atomic mass is 9.97. The first-order chi connectivity index (χ1) is 12.8. The number of carbonyl (C=O) groups excluding carboxylic acids is 1. The smallest absolute Gasteiger partial charge is 0.229 e. The lowest BCUT2D eigenvalue weighted by Crippen LogP contribution is -2.31. The van der Waals surface area contributed by atoms with Crippen LogP contribution in [-0.2, 0) is 21.4 Å². The van der Waals surface area contributed by atoms with E-state index in [2.05, 4.69) is 17.0 Å². The Morgan fingerprint density at radius 3 is 2.41 bits per heavy atom. The molecule has 1 aliphatic rings. The highest BCUT2D eigenvalue weighted by molar-refractivity contribution is 7.92. The number of amides is 1. The number of hydrogen-bond acceptors (Lipinski definition) is 3. The van der Waals surface area contributed by atoms with Gasteiger partial charge >= 0.3 is 0 Å². The molecule has 6 heteroatoms. The molecule has 5 nitrogen and oxygen atoms in total. The highest BCUT2D eigenvalue weighted by Crippen LogP contribution is 2.31. The van der Waals surface area contributed by atoms with E-state index in [1.807, 2.05) is 36.4 Å². The predicted octanol–water partition coefficient (Wildman–Crippen LogP) is 3.78. The van der Waals surface area contributed by atoms with Gasteiger partial charge in [-0.1, -0.05) is 55.8 Å². The Morgan fingerprint density at radius 1 is 1.07 bits per heavy atom. The number of sulfonamides is 1. The second-order valence-corrected chi connectivity index (χ2v) is 9.10. The normalized spacial score (nSPS) is 19.6. The van der Waals surface area contributed by atoms with Gasteiger partial charge in [0.15, 0.2) is 0 Å². The average Bonchev–Trinajstić information content (AvgIpc) is 3.05. The van der Waals surface area contributed by atoms with Gasteiger partial charge in [0.1, 0.15) is 0 Å². The standard InChI is InChI=1S/C21H26N2O3S/c1-15-6-5-8-18(15)21(24)22-14-16-10-12-17(13-11-16)19-7-3-4-9-20(19)23-27(2,25)26/h3-4,7,9-13,15,18,23H,5-6,8,14H2,1-2H3,(H,22,24). The molecule has 0 aliphatic heterocycles. The van der Waals surface area contributed by atoms with Gasteiger partial charge in [-0.2, -0.15) is 0 Å². The summed E-state index contributed by atoms with van der Waals surface area (Å²) in [6.07, 6.45) is 4.39. The molecule has 2 N–H and O–H groups in total. The van der Waals surface area contributed by atoms with Gasteiger partial charge in [-0.25, -0.2) is 8.42 Å². The van der Waals surface area contributed by atoms with E-state index in [-0.39, 0.29) is 11.8 Å². The molecule has 2 unspecified atom stereocenters. The fourth-order valence-electron chi connectivity index (χ4n) is 3.68. The Labute approximate surface area is 161 Å². The van der Waals surface area contributed by atoms with Crippen LogP contribution >= 0.6 is 0 Å². The van der Waals surface area contributed by atoms with E-state index in [1.54, 1.807) is 12.1 Å². The van der Waals surface area contributed by atoms with Gasteiger partial charge in [0, 0.05) is 18.0 Å². The molecule has 0 bridgehead atoms. The first-order valence-corrected chi connectivity index (χ1v) is 11.2. The Morgan fingerprint density at radius 2 is 1.78 bits per heavy atom. The molecule has 0 heterocycles. The van der Waals surface area contributed by atoms with Crippen molar-refractivity contribution < 1.29 is 13.2 Å². The van der Waals surface area contributed by atoms with E-state index < -0.39 is 10.0 Å². The van der Waals surface area contributed by atoms with Crippen LogP contribution in [0.1, 0.15) is 31.7 Å². The van der Waals surface area contributed by atoms with Crippen LogP contribution in [0.4, 0.5) is 5.69 Å². The third-order valence-electron chi connectivity index (χ3n) is 5.15. The maximum Gasteiger partial charge on any atom is 0.229 e. The van der Waals surface area contributed by atoms with Crippen molar-refractivity contribution in [1.29, 1.82) is 0 Å². The van der Waals surface area contributed by atoms with E-state index >= 15 is 0 Å². The summed E-state index contributed by atoms with van der Waals surface area (Å²) in [6.45, 7) is 2.65. The van der Waals surface area contributed by atoms with Crippen LogP contribution in [0, 0.1) is 11.8 Å². The zero-order valence-electron chi connectivity index (χ0n) is 15.7. The van der Waals surface area contributed by atoms with Crippen molar-refractivity contribution >= 4 is 21.6 Å². The number of anilines is 1. The summed E-state index contributed by atoms with van der Waals surface area (Å²) in [7, 11) is -3.34. The van der Waals surface area contributed by atoms with Crippen molar-refractivity contribution in [1.82, 2.24) is 5.32 Å². The zero-order valence-corrected chi connectivity index (χ0v) is 16.6. The second kappa shape index (κ2) is 8.13. The summed E-state index contributed by atoms with van der Waals surface area (Å²) in [5.74, 6) is 0.746. The molecule has 27 heavy (non-hydrogen) atoms. The molecular weight excluding hydrogens is 360 g/mol. The molecule has 144 valence electrons. The van der Waals surface area contributed by atoms with Crippen LogP contribution in [0.25, 0.3) is 11.1 Å². The van der Waals surface area contributed by atoms with E-state index in [0.717, 1.165) is 42.2 Å². The van der Waals surface area contributed by atoms with E-state index in [9.17, 15) is 13.2 Å². The van der Waals surface area contributed by atoms with Gasteiger partial charge in [0.05, 0.1) is 11.9 Å². The Kier molecular flexibility index (Phi) is 5.85. The van der Waals surface area contributed by atoms with Crippen LogP contribution < -0.4 is 10.0 Å². The predicted molar refractivity (Wildman–Crippen MR) is 109 cm³/mol. The summed E-state index contributed by atoms with van der Waals surface area (Å²) in [6, 6.07) is 15.1. The van der Waals surface area contributed by atoms with Crippen LogP contribution in [0.2, 0.25) is 0 Å². The minimum Gasteiger partial charge on any atom is -0.352 e. The Bertz CT molecular complexity index is 907. The molecule has 2 aromatic carbocycles. The topological polar surface area (TPSA) is 75.3 Å². The second-order valence-electron chi connectivity index (χ2n) is 7.35. The van der Waals surface area contributed by atoms with Gasteiger partial charge in [-0.3, -0.25) is 9.52 Å². The molecule has 1 fully saturated rings. The number of benzene rings is 2. The van der Waals surface area contributed by atoms with Crippen LogP contribution in [-0.4, -0.2) is 20.6 Å². The first-order valence-electron chi connectivity index (χ1n) is 9.27. The van der Waals surface area contributed by atoms with Crippen molar-refractivity contribution in [3.63, 3.8) is 0 Å². The molecule has 3 rings (SSSR count). The maximum absolute atomic E-state index is 12.3. The molecule has 1 amide bonds. The molecule has 2 aromatic rings. The number of para-hydroxylation sites is 1. The minimum absolute atomic E-state index is 0.137. The van der Waals surface area contributed by atoms with Crippen molar-refractivity contribution in [3.05, 3.63) is 54.1 Å². The quantitative estimate of drug-likeness (QED) is 0.793. The Balaban J connectivity index is 1.68. The molecule has 0 radical (unpaired) electrons. The minimum atomic E-state index is -3.34. The van der Waals surface area contributed by atoms with Gasteiger partial charge in [0.25, 0.3) is 0 Å². The van der Waals surface area contributed by atoms with E-state index in [1.165, 1.54) is 0 Å². The van der Waals surface area contributed by atoms with Gasteiger partial charge < -0.3 is 5.32 Å². The number of nitrogens with one attached hydrogen (secondary N) is 2. The summed E-state index contributed by atoms with van der Waals surface area (Å²) < 4.78 is 25.7. The fourth-order valence-corrected chi connectivity index (χ4v) is 4.26. The van der Waals surface area contributed by atoms with Gasteiger partial charge in [-0.05, 0) is 36.0 Å². The molecule has 1 saturated carbocycles. The average molecular weight is 387 g/mol. The summed E-state index contributed by atoms with van der Waals surface area (Å²) in [5, 5.41) is 3.04. The van der Waals surface area contributed by atoms with Crippen molar-refractivity contribution in [2.45, 2.75) is 32.7 Å². The third kappa shape index (κ3) is 5.10. The third-order valence-corrected chi connectivity index (χ3v) is 5.74. The molecule has 1 aliphatic carbocycles. The van der Waals surface area contributed by atoms with Crippen molar-refractivity contribution in [2.75, 3.05) is 11.0 Å². The van der Waals surface area contributed by atoms with Crippen LogP contribution in [0.5, 0.6) is 0 Å². The first kappa shape index (κ1) is 19.4. The SMILES string of the molecule is CC1CCCC1C(=O)NCc1ccc(-c2ccccc2NS(C)(=O)=O)cc1. The summed E-state index contributed by atoms with van der Waals surface area (Å²) in [4.78, 5) is 12.3. The Hall–Kier alpha value is -2.34. The highest BCUT2D eigenvalue weighted by atomic mass is 32.2. The molecule has 0 aromatic heterocycles. The van der Waals surface area contributed by atoms with E-state index in [4.69, 9.17) is 0 Å². The zero-order chi connectivity index (χ0) is 19.4. The van der Waals surface area contributed by atoms with E-state index in [0.29, 0.717) is 18.2 Å². The summed E-state index contributed by atoms with van der Waals surface area (Å²) in [5.41, 5.74) is 3.31. The lowest BCUT2D eigenvalue weighted by Gasteiger charge is -2.15. The largest absolute Gasteiger partial charge is 0.352 e. The number of rotatable bonds is 6. The van der Waals surface area contributed by atoms with Crippen molar-refractivity contribution in [3.8, 4) is 11.1 Å².